The van der Waals surface area contributed by atoms with Gasteiger partial charge in [0.15, 0.2) is 12.1 Å². The number of alkyl halides is 2. The number of ketones is 1. The number of hydrogen-bond donors (Lipinski definition) is 1. The highest BCUT2D eigenvalue weighted by Crippen LogP contribution is 2.22. The van der Waals surface area contributed by atoms with Gasteiger partial charge in [0.2, 0.25) is 5.00 Å². The first kappa shape index (κ1) is 15.1. The molecular weight excluding hydrogens is 241 g/mol. The van der Waals surface area contributed by atoms with Crippen molar-refractivity contribution in [3.8, 4) is 0 Å². The fourth-order valence-corrected chi connectivity index (χ4v) is 1.76. The predicted octanol–water partition coefficient (Wildman–Crippen LogP) is 1.35. The first-order valence-corrected chi connectivity index (χ1v) is 5.56. The van der Waals surface area contributed by atoms with Gasteiger partial charge in [-0.25, -0.2) is 0 Å². The minimum atomic E-state index is -1.42. The highest BCUT2D eigenvalue weighted by atomic mass is 35.5. The number of halogens is 2. The summed E-state index contributed by atoms with van der Waals surface area (Å²) in [5.74, 6) is -0.559. The van der Waals surface area contributed by atoms with Crippen molar-refractivity contribution < 1.29 is 14.3 Å². The molecule has 0 saturated heterocycles. The molecule has 1 atom stereocenters. The average molecular weight is 258 g/mol. The van der Waals surface area contributed by atoms with Gasteiger partial charge in [-0.2, -0.15) is 0 Å². The second kappa shape index (κ2) is 7.41. The van der Waals surface area contributed by atoms with Gasteiger partial charge in [-0.3, -0.25) is 10.1 Å². The van der Waals surface area contributed by atoms with Gasteiger partial charge < -0.3 is 9.47 Å². The van der Waals surface area contributed by atoms with Crippen molar-refractivity contribution in [2.45, 2.75) is 24.6 Å². The molecule has 90 valence electrons. The molecule has 0 heterocycles. The van der Waals surface area contributed by atoms with Crippen LogP contribution >= 0.6 is 23.2 Å². The molecule has 0 aromatic rings. The molecule has 0 aromatic carbocycles. The van der Waals surface area contributed by atoms with Gasteiger partial charge in [0.25, 0.3) is 0 Å². The molecule has 15 heavy (non-hydrogen) atoms. The monoisotopic (exact) mass is 257 g/mol. The Morgan fingerprint density at radius 3 is 2.33 bits per heavy atom. The van der Waals surface area contributed by atoms with Gasteiger partial charge in [-0.15, -0.1) is 11.6 Å². The Hall–Kier alpha value is 0.130. The zero-order valence-corrected chi connectivity index (χ0v) is 10.7. The van der Waals surface area contributed by atoms with E-state index in [4.69, 9.17) is 32.7 Å². The van der Waals surface area contributed by atoms with E-state index < -0.39 is 11.3 Å². The van der Waals surface area contributed by atoms with Crippen LogP contribution in [0.3, 0.4) is 0 Å². The molecule has 6 heteroatoms. The largest absolute Gasteiger partial charge is 0.352 e. The number of ether oxygens (including phenoxy) is 2. The van der Waals surface area contributed by atoms with Crippen LogP contribution in [0.25, 0.3) is 0 Å². The summed E-state index contributed by atoms with van der Waals surface area (Å²) >= 11 is 11.6. The van der Waals surface area contributed by atoms with Gasteiger partial charge in [-0.05, 0) is 13.0 Å². The first-order chi connectivity index (χ1) is 7.06. The van der Waals surface area contributed by atoms with E-state index in [0.29, 0.717) is 6.54 Å². The molecule has 0 saturated carbocycles. The summed E-state index contributed by atoms with van der Waals surface area (Å²) in [6.45, 7) is 2.54. The summed E-state index contributed by atoms with van der Waals surface area (Å²) in [7, 11) is 2.83. The molecule has 0 rings (SSSR count). The molecule has 4 nitrogen and oxygen atoms in total. The summed E-state index contributed by atoms with van der Waals surface area (Å²) in [5, 5.41) is 2.88. The summed E-state index contributed by atoms with van der Waals surface area (Å²) in [6, 6.07) is 0. The topological polar surface area (TPSA) is 47.6 Å². The number of carbonyl (C=O) groups is 1. The quantitative estimate of drug-likeness (QED) is 0.405. The van der Waals surface area contributed by atoms with Crippen LogP contribution in [0, 0.1) is 0 Å². The third-order valence-corrected chi connectivity index (χ3v) is 2.68. The van der Waals surface area contributed by atoms with Crippen molar-refractivity contribution in [3.05, 3.63) is 0 Å². The smallest absolute Gasteiger partial charge is 0.205 e. The number of Topliss-reactive ketones (excluding diaryl/α,β-unsaturated/α-hetero) is 1. The van der Waals surface area contributed by atoms with E-state index in [0.717, 1.165) is 6.42 Å². The second-order valence-electron chi connectivity index (χ2n) is 3.00. The van der Waals surface area contributed by atoms with Crippen LogP contribution in [-0.4, -0.2) is 43.7 Å². The zero-order chi connectivity index (χ0) is 11.9. The van der Waals surface area contributed by atoms with Gasteiger partial charge in [0.05, 0.1) is 5.88 Å². The Morgan fingerprint density at radius 1 is 1.47 bits per heavy atom. The lowest BCUT2D eigenvalue weighted by atomic mass is 10.1. The predicted molar refractivity (Wildman–Crippen MR) is 60.4 cm³/mol. The van der Waals surface area contributed by atoms with Crippen LogP contribution in [0.15, 0.2) is 0 Å². The molecule has 0 aliphatic carbocycles. The van der Waals surface area contributed by atoms with E-state index in [1.165, 1.54) is 14.2 Å². The van der Waals surface area contributed by atoms with Crippen LogP contribution in [0.1, 0.15) is 13.3 Å². The normalized spacial score (nSPS) is 15.3. The molecule has 1 N–H and O–H groups in total. The van der Waals surface area contributed by atoms with Crippen molar-refractivity contribution in [2.24, 2.45) is 0 Å². The minimum Gasteiger partial charge on any atom is -0.352 e. The summed E-state index contributed by atoms with van der Waals surface area (Å²) in [4.78, 5) is 10.2. The fourth-order valence-electron chi connectivity index (χ4n) is 1.14. The fraction of sp³-hybridized carbons (Fsp3) is 0.889. The van der Waals surface area contributed by atoms with Gasteiger partial charge >= 0.3 is 0 Å². The summed E-state index contributed by atoms with van der Waals surface area (Å²) < 4.78 is 9.98. The standard InChI is InChI=1S/C9H17Cl2NO3/c1-4-5-12-9(11,7(13)6-10)8(14-2)15-3/h8,12H,4-6H2,1-3H3. The summed E-state index contributed by atoms with van der Waals surface area (Å²) in [5.41, 5.74) is 0. The van der Waals surface area contributed by atoms with E-state index in [-0.39, 0.29) is 11.7 Å². The molecule has 0 radical (unpaired) electrons. The van der Waals surface area contributed by atoms with Crippen LogP contribution in [0.5, 0.6) is 0 Å². The van der Waals surface area contributed by atoms with E-state index in [1.54, 1.807) is 0 Å². The average Bonchev–Trinajstić information content (AvgIpc) is 2.26. The van der Waals surface area contributed by atoms with Crippen LogP contribution in [-0.2, 0) is 14.3 Å². The van der Waals surface area contributed by atoms with Gasteiger partial charge in [0.1, 0.15) is 0 Å². The Balaban J connectivity index is 4.73. The molecule has 0 fully saturated rings. The number of carbonyl (C=O) groups excluding carboxylic acids is 1. The minimum absolute atomic E-state index is 0.191. The third-order valence-electron chi connectivity index (χ3n) is 1.91. The zero-order valence-electron chi connectivity index (χ0n) is 9.18. The van der Waals surface area contributed by atoms with Crippen molar-refractivity contribution in [1.82, 2.24) is 5.32 Å². The van der Waals surface area contributed by atoms with Gasteiger partial charge in [-0.1, -0.05) is 18.5 Å². The Labute approximate surface area is 100 Å². The van der Waals surface area contributed by atoms with Crippen LogP contribution in [0.4, 0.5) is 0 Å². The Kier molecular flexibility index (Phi) is 7.48. The SMILES string of the molecule is CCCNC(Cl)(C(=O)CCl)C(OC)OC. The molecule has 0 aromatic heterocycles. The molecule has 0 spiro atoms. The van der Waals surface area contributed by atoms with Crippen molar-refractivity contribution >= 4 is 29.0 Å². The molecule has 0 aliphatic rings. The first-order valence-electron chi connectivity index (χ1n) is 4.65. The van der Waals surface area contributed by atoms with Crippen molar-refractivity contribution in [3.63, 3.8) is 0 Å². The van der Waals surface area contributed by atoms with Crippen LogP contribution < -0.4 is 5.32 Å². The maximum absolute atomic E-state index is 11.6. The van der Waals surface area contributed by atoms with E-state index in [2.05, 4.69) is 5.32 Å². The Bertz CT molecular complexity index is 200. The molecule has 0 bridgehead atoms. The lowest BCUT2D eigenvalue weighted by molar-refractivity contribution is -0.152. The van der Waals surface area contributed by atoms with E-state index >= 15 is 0 Å². The second-order valence-corrected chi connectivity index (χ2v) is 3.86. The number of rotatable bonds is 8. The number of hydrogen-bond acceptors (Lipinski definition) is 4. The van der Waals surface area contributed by atoms with E-state index in [1.807, 2.05) is 6.92 Å². The van der Waals surface area contributed by atoms with Gasteiger partial charge in [0, 0.05) is 14.2 Å². The van der Waals surface area contributed by atoms with E-state index in [9.17, 15) is 4.79 Å². The lowest BCUT2D eigenvalue weighted by Crippen LogP contribution is -2.58. The third kappa shape index (κ3) is 3.89. The van der Waals surface area contributed by atoms with Crippen molar-refractivity contribution in [2.75, 3.05) is 26.6 Å². The van der Waals surface area contributed by atoms with Crippen LogP contribution in [0.2, 0.25) is 0 Å². The highest BCUT2D eigenvalue weighted by Gasteiger charge is 2.43. The maximum atomic E-state index is 11.6. The lowest BCUT2D eigenvalue weighted by Gasteiger charge is -2.32. The Morgan fingerprint density at radius 2 is 2.00 bits per heavy atom. The molecular formula is C9H17Cl2NO3. The number of nitrogens with one attached hydrogen (secondary N) is 1. The maximum Gasteiger partial charge on any atom is 0.205 e. The molecule has 0 aliphatic heterocycles. The summed E-state index contributed by atoms with van der Waals surface area (Å²) in [6.07, 6.45) is -0.0264. The molecule has 0 amide bonds. The highest BCUT2D eigenvalue weighted by molar-refractivity contribution is 6.41. The molecule has 1 unspecified atom stereocenters. The number of methoxy groups -OCH3 is 2. The van der Waals surface area contributed by atoms with Crippen molar-refractivity contribution in [1.29, 1.82) is 0 Å².